The van der Waals surface area contributed by atoms with Gasteiger partial charge in [-0.05, 0) is 190 Å². The SMILES string of the molecule is CC1(C)OB(C2CNN(c3ccccc3F)C2)OC1(C)C.OC1CCC(COc2c(Cl)ncnc2-c2cnn(-c3ccccc3F)c2)CC1.OC1CCC(COc2c(Cl)ncnc2Cl)CC1.OC1CCC(COc2cncnc2-c2cnn(-c3ccccc3F)c2)CC1.OCC1CCC(O)CC1.Oc1c(Cl)ncnc1Cl. The second kappa shape index (κ2) is 41.4. The van der Waals surface area contributed by atoms with Crippen LogP contribution in [-0.2, 0) is 9.31 Å². The molecule has 2 aliphatic heterocycles. The summed E-state index contributed by atoms with van der Waals surface area (Å²) in [5.41, 5.74) is 6.38. The Balaban J connectivity index is 0.000000148. The van der Waals surface area contributed by atoms with E-state index in [1.165, 1.54) is 52.9 Å². The minimum atomic E-state index is -0.367. The molecule has 596 valence electrons. The van der Waals surface area contributed by atoms with Gasteiger partial charge in [0.15, 0.2) is 48.8 Å². The van der Waals surface area contributed by atoms with Gasteiger partial charge in [0.2, 0.25) is 0 Å². The molecule has 0 amide bonds. The van der Waals surface area contributed by atoms with Crippen molar-refractivity contribution in [3.63, 3.8) is 0 Å². The Morgan fingerprint density at radius 1 is 0.477 bits per heavy atom. The first-order valence-electron chi connectivity index (χ1n) is 37.1. The van der Waals surface area contributed by atoms with Gasteiger partial charge in [0.1, 0.15) is 65.5 Å². The van der Waals surface area contributed by atoms with Gasteiger partial charge in [-0.25, -0.2) is 67.8 Å². The molecule has 111 heavy (non-hydrogen) atoms. The van der Waals surface area contributed by atoms with E-state index in [2.05, 4.69) is 55.5 Å². The molecule has 8 heterocycles. The zero-order valence-electron chi connectivity index (χ0n) is 62.0. The summed E-state index contributed by atoms with van der Waals surface area (Å²) in [6.45, 7) is 11.4. The number of aliphatic hydroxyl groups excluding tert-OH is 5. The summed E-state index contributed by atoms with van der Waals surface area (Å²) in [7, 11) is -0.265. The van der Waals surface area contributed by atoms with Gasteiger partial charge in [0.05, 0.1) is 79.7 Å². The number of para-hydroxylation sites is 3. The first kappa shape index (κ1) is 85.8. The number of hydrazine groups is 1. The molecule has 0 bridgehead atoms. The zero-order valence-corrected chi connectivity index (χ0v) is 65.8. The van der Waals surface area contributed by atoms with E-state index >= 15 is 0 Å². The third-order valence-corrected chi connectivity index (χ3v) is 21.8. The summed E-state index contributed by atoms with van der Waals surface area (Å²) in [5.74, 6) is 1.96. The number of aliphatic hydroxyl groups is 5. The number of halogens is 8. The molecule has 15 rings (SSSR count). The van der Waals surface area contributed by atoms with Crippen molar-refractivity contribution in [3.8, 4) is 56.9 Å². The first-order valence-corrected chi connectivity index (χ1v) is 39.0. The molecule has 4 aliphatic carbocycles. The van der Waals surface area contributed by atoms with Crippen LogP contribution in [0.2, 0.25) is 31.6 Å². The average Bonchev–Trinajstić information content (AvgIpc) is 1.63. The van der Waals surface area contributed by atoms with Gasteiger partial charge in [-0.15, -0.1) is 0 Å². The highest BCUT2D eigenvalue weighted by Gasteiger charge is 2.55. The normalized spacial score (nSPS) is 22.4. The van der Waals surface area contributed by atoms with E-state index in [0.29, 0.717) is 114 Å². The summed E-state index contributed by atoms with van der Waals surface area (Å²) >= 11 is 28.7. The van der Waals surface area contributed by atoms with Crippen LogP contribution in [0.1, 0.15) is 130 Å². The van der Waals surface area contributed by atoms with Crippen LogP contribution >= 0.6 is 58.0 Å². The molecule has 4 saturated carbocycles. The van der Waals surface area contributed by atoms with Crippen LogP contribution in [0.15, 0.2) is 129 Å². The summed E-state index contributed by atoms with van der Waals surface area (Å²) in [5, 5.41) is 66.2. The Hall–Kier alpha value is -7.62. The highest BCUT2D eigenvalue weighted by atomic mass is 35.5. The van der Waals surface area contributed by atoms with Crippen LogP contribution in [0.5, 0.6) is 23.0 Å². The Bertz CT molecular complexity index is 4330. The molecule has 0 spiro atoms. The molecule has 3 aromatic carbocycles. The van der Waals surface area contributed by atoms with Crippen LogP contribution in [0.4, 0.5) is 18.9 Å². The van der Waals surface area contributed by atoms with Gasteiger partial charge in [0, 0.05) is 49.0 Å². The number of ether oxygens (including phenoxy) is 3. The lowest BCUT2D eigenvalue weighted by atomic mass is 9.72. The number of rotatable bonds is 16. The number of aromatic hydroxyl groups is 1. The number of anilines is 1. The molecule has 1 unspecified atom stereocenters. The van der Waals surface area contributed by atoms with Crippen molar-refractivity contribution in [3.05, 3.63) is 172 Å². The van der Waals surface area contributed by atoms with Crippen molar-refractivity contribution in [2.45, 2.75) is 172 Å². The van der Waals surface area contributed by atoms with Crippen molar-refractivity contribution in [2.24, 2.45) is 23.7 Å². The lowest BCUT2D eigenvalue weighted by Crippen LogP contribution is -2.41. The standard InChI is InChI=1S/C20H20ClFN4O2.C20H21FN4O2.C15H22BFN2O2.C11H14Cl2N2O2.C7H14O2.C4H2Cl2N2O/c21-20-19(28-11-13-5-7-15(27)8-6-13)18(23-12-24-20)14-9-25-26(10-14)17-4-2-1-3-16(17)22;21-17-3-1-2-4-18(17)25-11-15(9-24-25)20-19(10-22-13-23-20)27-12-14-5-7-16(26)8-6-14;1-14(2)15(3,4)21-16(20-14)11-9-18-19(10-11)13-8-6-5-7-12(13)17;12-10-9(11(13)15-6-14-10)17-5-7-1-3-8(16)4-2-7;8-5-6-1-3-7(9)4-2-6;5-3-2(9)4(6)8-1-7-3/h1-4,9-10,12-13,15,27H,5-8,11H2;1-4,9-11,13-14,16,26H,5-8,12H2;5-8,11,18H,9-10H2,1-4H3;6-8,16H,1-5H2;6-9H,1-5H2;1,9H. The predicted octanol–water partition coefficient (Wildman–Crippen LogP) is 14.8. The summed E-state index contributed by atoms with van der Waals surface area (Å²) < 4.78 is 74.5. The molecule has 2 saturated heterocycles. The van der Waals surface area contributed by atoms with Crippen molar-refractivity contribution < 1.29 is 67.3 Å². The van der Waals surface area contributed by atoms with E-state index < -0.39 is 0 Å². The second-order valence-electron chi connectivity index (χ2n) is 29.0. The van der Waals surface area contributed by atoms with Crippen LogP contribution < -0.4 is 24.6 Å². The van der Waals surface area contributed by atoms with Crippen LogP contribution in [0, 0.1) is 41.1 Å². The summed E-state index contributed by atoms with van der Waals surface area (Å²) in [6, 6.07) is 19.7. The predicted molar refractivity (Wildman–Crippen MR) is 417 cm³/mol. The maximum atomic E-state index is 14.0. The Morgan fingerprint density at radius 3 is 1.30 bits per heavy atom. The molecule has 9 aromatic rings. The third kappa shape index (κ3) is 24.5. The highest BCUT2D eigenvalue weighted by Crippen LogP contribution is 2.42. The minimum Gasteiger partial charge on any atom is -0.503 e. The van der Waals surface area contributed by atoms with Gasteiger partial charge >= 0.3 is 7.12 Å². The van der Waals surface area contributed by atoms with Gasteiger partial charge in [-0.1, -0.05) is 94.4 Å². The maximum absolute atomic E-state index is 14.0. The number of nitrogens with one attached hydrogen (secondary N) is 1. The fourth-order valence-electron chi connectivity index (χ4n) is 13.1. The molecular weight excluding hydrogens is 1540 g/mol. The number of hydrogen-bond acceptors (Lipinski definition) is 23. The quantitative estimate of drug-likeness (QED) is 0.0349. The topological polar surface area (TPSA) is 322 Å². The third-order valence-electron chi connectivity index (χ3n) is 20.5. The Kier molecular flexibility index (Phi) is 32.0. The van der Waals surface area contributed by atoms with Gasteiger partial charge in [-0.2, -0.15) is 10.2 Å². The van der Waals surface area contributed by atoms with Crippen molar-refractivity contribution in [1.29, 1.82) is 0 Å². The van der Waals surface area contributed by atoms with Gasteiger partial charge in [-0.3, -0.25) is 0 Å². The van der Waals surface area contributed by atoms with Gasteiger partial charge in [0.25, 0.3) is 0 Å². The lowest BCUT2D eigenvalue weighted by molar-refractivity contribution is 0.00578. The number of benzene rings is 3. The molecule has 6 fully saturated rings. The van der Waals surface area contributed by atoms with E-state index in [1.54, 1.807) is 79.5 Å². The molecule has 7 N–H and O–H groups in total. The Labute approximate surface area is 668 Å². The fraction of sp³-hybridized carbons (Fsp3) is 0.481. The average molecular weight is 1640 g/mol. The largest absolute Gasteiger partial charge is 0.503 e. The van der Waals surface area contributed by atoms with E-state index in [4.69, 9.17) is 96.8 Å². The van der Waals surface area contributed by atoms with E-state index in [-0.39, 0.29) is 97.5 Å². The fourth-order valence-corrected chi connectivity index (χ4v) is 14.0. The summed E-state index contributed by atoms with van der Waals surface area (Å²) in [6.07, 6.45) is 27.2. The zero-order chi connectivity index (χ0) is 79.2. The van der Waals surface area contributed by atoms with Crippen molar-refractivity contribution >= 4 is 70.8 Å². The van der Waals surface area contributed by atoms with Gasteiger partial charge < -0.3 is 59.2 Å². The minimum absolute atomic E-state index is 0.0324. The highest BCUT2D eigenvalue weighted by molar-refractivity contribution is 6.48. The van der Waals surface area contributed by atoms with E-state index in [9.17, 15) is 28.5 Å². The van der Waals surface area contributed by atoms with Crippen LogP contribution in [0.3, 0.4) is 0 Å². The molecular formula is C77H93BCl5F3N14O11. The molecule has 1 atom stereocenters. The lowest BCUT2D eigenvalue weighted by Gasteiger charge is -2.32. The van der Waals surface area contributed by atoms with E-state index in [1.807, 2.05) is 38.8 Å². The Morgan fingerprint density at radius 2 is 0.856 bits per heavy atom. The second-order valence-corrected chi connectivity index (χ2v) is 30.8. The van der Waals surface area contributed by atoms with Crippen LogP contribution in [0.25, 0.3) is 33.9 Å². The molecule has 6 aromatic heterocycles. The van der Waals surface area contributed by atoms with Crippen molar-refractivity contribution in [1.82, 2.24) is 64.9 Å². The first-order chi connectivity index (χ1) is 53.3. The number of nitrogens with zero attached hydrogens (tertiary/aromatic N) is 13. The number of hydrogen-bond donors (Lipinski definition) is 7. The monoisotopic (exact) mass is 1630 g/mol. The smallest absolute Gasteiger partial charge is 0.464 e. The summed E-state index contributed by atoms with van der Waals surface area (Å²) in [4.78, 5) is 31.3. The number of aromatic nitrogens is 12. The molecule has 0 radical (unpaired) electrons. The van der Waals surface area contributed by atoms with E-state index in [0.717, 1.165) is 108 Å². The van der Waals surface area contributed by atoms with Crippen LogP contribution in [-0.4, -0.2) is 172 Å². The molecule has 25 nitrogen and oxygen atoms in total. The van der Waals surface area contributed by atoms with Crippen molar-refractivity contribution in [2.75, 3.05) is 44.5 Å². The maximum Gasteiger partial charge on any atom is 0.464 e. The molecule has 34 heteroatoms. The molecule has 6 aliphatic rings.